The fourth-order valence-corrected chi connectivity index (χ4v) is 2.96. The van der Waals surface area contributed by atoms with Crippen LogP contribution in [0.2, 0.25) is 0 Å². The van der Waals surface area contributed by atoms with E-state index in [1.807, 2.05) is 25.2 Å². The van der Waals surface area contributed by atoms with Crippen molar-refractivity contribution < 1.29 is 31.1 Å². The molecule has 8 nitrogen and oxygen atoms in total. The molecule has 0 aliphatic rings. The van der Waals surface area contributed by atoms with Crippen molar-refractivity contribution >= 4 is 17.5 Å². The van der Waals surface area contributed by atoms with Crippen LogP contribution < -0.4 is 16.0 Å². The van der Waals surface area contributed by atoms with E-state index in [1.54, 1.807) is 16.8 Å². The van der Waals surface area contributed by atoms with E-state index in [0.717, 1.165) is 11.4 Å². The van der Waals surface area contributed by atoms with Gasteiger partial charge >= 0.3 is 18.4 Å². The van der Waals surface area contributed by atoms with Crippen molar-refractivity contribution in [1.29, 1.82) is 0 Å². The molecule has 2 heterocycles. The van der Waals surface area contributed by atoms with Crippen LogP contribution in [0.15, 0.2) is 36.4 Å². The number of hydrogen-bond acceptors (Lipinski definition) is 5. The van der Waals surface area contributed by atoms with E-state index < -0.39 is 35.2 Å². The molecule has 3 N–H and O–H groups in total. The molecule has 34 heavy (non-hydrogen) atoms. The number of aromatic nitrogens is 4. The molecule has 182 valence electrons. The van der Waals surface area contributed by atoms with Crippen LogP contribution in [-0.4, -0.2) is 39.1 Å². The average Bonchev–Trinajstić information content (AvgIpc) is 3.08. The number of alkyl halides is 6. The maximum absolute atomic E-state index is 12.9. The van der Waals surface area contributed by atoms with Gasteiger partial charge in [-0.25, -0.2) is 9.48 Å². The largest absolute Gasteiger partial charge is 0.416 e. The van der Waals surface area contributed by atoms with Crippen molar-refractivity contribution in [1.82, 2.24) is 25.3 Å². The molecule has 14 heteroatoms. The summed E-state index contributed by atoms with van der Waals surface area (Å²) < 4.78 is 79.1. The number of rotatable bonds is 6. The summed E-state index contributed by atoms with van der Waals surface area (Å²) in [4.78, 5) is 11.9. The van der Waals surface area contributed by atoms with E-state index in [9.17, 15) is 31.1 Å². The van der Waals surface area contributed by atoms with Gasteiger partial charge in [-0.15, -0.1) is 10.2 Å². The quantitative estimate of drug-likeness (QED) is 0.350. The smallest absolute Gasteiger partial charge is 0.367 e. The van der Waals surface area contributed by atoms with Crippen LogP contribution in [-0.2, 0) is 12.4 Å². The lowest BCUT2D eigenvalue weighted by atomic mass is 10.1. The summed E-state index contributed by atoms with van der Waals surface area (Å²) in [5.41, 5.74) is -1.99. The third-order valence-electron chi connectivity index (χ3n) is 4.44. The van der Waals surface area contributed by atoms with E-state index in [2.05, 4.69) is 25.9 Å². The molecule has 0 fully saturated rings. The minimum absolute atomic E-state index is 0.00217. The highest BCUT2D eigenvalue weighted by atomic mass is 19.4. The minimum atomic E-state index is -5.01. The lowest BCUT2D eigenvalue weighted by Crippen LogP contribution is -2.33. The van der Waals surface area contributed by atoms with Crippen molar-refractivity contribution in [3.8, 4) is 5.82 Å². The molecule has 0 unspecified atom stereocenters. The number of carbonyl (C=O) groups is 1. The minimum Gasteiger partial charge on any atom is -0.367 e. The van der Waals surface area contributed by atoms with E-state index in [-0.39, 0.29) is 19.2 Å². The third-order valence-corrected chi connectivity index (χ3v) is 4.44. The van der Waals surface area contributed by atoms with Crippen LogP contribution in [0.4, 0.5) is 42.6 Å². The first-order valence-corrected chi connectivity index (χ1v) is 9.78. The second-order valence-electron chi connectivity index (χ2n) is 7.22. The Balaban J connectivity index is 1.53. The molecular weight excluding hydrogens is 468 g/mol. The first kappa shape index (κ1) is 24.8. The van der Waals surface area contributed by atoms with Crippen molar-refractivity contribution in [3.05, 3.63) is 58.9 Å². The topological polar surface area (TPSA) is 96.8 Å². The number of nitrogens with one attached hydrogen (secondary N) is 3. The van der Waals surface area contributed by atoms with Crippen molar-refractivity contribution in [2.24, 2.45) is 0 Å². The van der Waals surface area contributed by atoms with Gasteiger partial charge < -0.3 is 16.0 Å². The Hall–Kier alpha value is -3.84. The first-order chi connectivity index (χ1) is 15.8. The molecule has 0 atom stereocenters. The van der Waals surface area contributed by atoms with Gasteiger partial charge in [-0.3, -0.25) is 0 Å². The van der Waals surface area contributed by atoms with Crippen molar-refractivity contribution in [2.45, 2.75) is 26.2 Å². The van der Waals surface area contributed by atoms with Gasteiger partial charge in [0.05, 0.1) is 16.8 Å². The summed E-state index contributed by atoms with van der Waals surface area (Å²) in [6.07, 6.45) is -10.0. The maximum atomic E-state index is 12.9. The second kappa shape index (κ2) is 9.57. The molecule has 0 saturated heterocycles. The normalized spacial score (nSPS) is 11.9. The molecule has 0 spiro atoms. The summed E-state index contributed by atoms with van der Waals surface area (Å²) in [5.74, 6) is 0.896. The highest BCUT2D eigenvalue weighted by Gasteiger charge is 2.37. The van der Waals surface area contributed by atoms with Gasteiger partial charge in [-0.05, 0) is 50.2 Å². The first-order valence-electron chi connectivity index (χ1n) is 9.78. The number of carbonyl (C=O) groups excluding carboxylic acids is 1. The number of anilines is 2. The fraction of sp³-hybridized carbons (Fsp3) is 0.300. The van der Waals surface area contributed by atoms with Gasteiger partial charge in [-0.1, -0.05) is 0 Å². The van der Waals surface area contributed by atoms with Gasteiger partial charge in [-0.2, -0.15) is 31.4 Å². The van der Waals surface area contributed by atoms with Crippen LogP contribution in [0.5, 0.6) is 0 Å². The van der Waals surface area contributed by atoms with E-state index in [1.165, 1.54) is 0 Å². The fourth-order valence-electron chi connectivity index (χ4n) is 2.96. The molecule has 0 bridgehead atoms. The number of nitrogens with zero attached hydrogens (tertiary/aromatic N) is 4. The Morgan fingerprint density at radius 2 is 1.56 bits per heavy atom. The highest BCUT2D eigenvalue weighted by Crippen LogP contribution is 2.37. The van der Waals surface area contributed by atoms with E-state index >= 15 is 0 Å². The number of benzene rings is 1. The zero-order valence-electron chi connectivity index (χ0n) is 17.8. The third kappa shape index (κ3) is 6.36. The van der Waals surface area contributed by atoms with Gasteiger partial charge in [0.1, 0.15) is 5.82 Å². The molecular formula is C20H19F6N7O. The number of halogens is 6. The van der Waals surface area contributed by atoms with Crippen LogP contribution in [0, 0.1) is 13.8 Å². The van der Waals surface area contributed by atoms with Crippen LogP contribution >= 0.6 is 0 Å². The average molecular weight is 487 g/mol. The lowest BCUT2D eigenvalue weighted by molar-refractivity contribution is -0.143. The number of amides is 2. The second-order valence-corrected chi connectivity index (χ2v) is 7.22. The van der Waals surface area contributed by atoms with Gasteiger partial charge in [0.25, 0.3) is 0 Å². The van der Waals surface area contributed by atoms with Crippen molar-refractivity contribution in [2.75, 3.05) is 23.7 Å². The molecule has 3 rings (SSSR count). The predicted octanol–water partition coefficient (Wildman–Crippen LogP) is 4.55. The van der Waals surface area contributed by atoms with Gasteiger partial charge in [0.15, 0.2) is 5.82 Å². The zero-order chi connectivity index (χ0) is 25.1. The summed E-state index contributed by atoms with van der Waals surface area (Å²) in [5, 5.41) is 19.5. The van der Waals surface area contributed by atoms with Crippen LogP contribution in [0.25, 0.3) is 5.82 Å². The van der Waals surface area contributed by atoms with Crippen LogP contribution in [0.3, 0.4) is 0 Å². The van der Waals surface area contributed by atoms with E-state index in [0.29, 0.717) is 23.8 Å². The predicted molar refractivity (Wildman–Crippen MR) is 111 cm³/mol. The molecule has 0 saturated carbocycles. The molecule has 2 aromatic heterocycles. The van der Waals surface area contributed by atoms with Crippen LogP contribution in [0.1, 0.15) is 22.5 Å². The van der Waals surface area contributed by atoms with Gasteiger partial charge in [0, 0.05) is 24.5 Å². The zero-order valence-corrected chi connectivity index (χ0v) is 17.8. The highest BCUT2D eigenvalue weighted by molar-refractivity contribution is 5.89. The standard InChI is InChI=1S/C20H19F6N7O/c1-11-7-12(2)33(32-11)17-4-3-16(30-31-17)27-5-6-28-18(34)29-15-9-13(19(21,22)23)8-14(10-15)20(24,25)26/h3-4,7-10H,5-6H2,1-2H3,(H,27,30)(H2,28,29,34). The molecule has 1 aromatic carbocycles. The summed E-state index contributed by atoms with van der Waals surface area (Å²) in [7, 11) is 0. The summed E-state index contributed by atoms with van der Waals surface area (Å²) in [6.45, 7) is 3.88. The Morgan fingerprint density at radius 3 is 2.06 bits per heavy atom. The summed E-state index contributed by atoms with van der Waals surface area (Å²) in [6, 6.07) is 5.06. The lowest BCUT2D eigenvalue weighted by Gasteiger charge is -2.15. The molecule has 3 aromatic rings. The molecule has 0 aliphatic heterocycles. The van der Waals surface area contributed by atoms with E-state index in [4.69, 9.17) is 0 Å². The summed E-state index contributed by atoms with van der Waals surface area (Å²) >= 11 is 0. The number of aryl methyl sites for hydroxylation is 2. The molecule has 0 aliphatic carbocycles. The number of urea groups is 1. The SMILES string of the molecule is Cc1cc(C)n(-c2ccc(NCCNC(=O)Nc3cc(C(F)(F)F)cc(C(F)(F)F)c3)nn2)n1. The monoisotopic (exact) mass is 487 g/mol. The Labute approximate surface area is 189 Å². The maximum Gasteiger partial charge on any atom is 0.416 e. The van der Waals surface area contributed by atoms with Crippen molar-refractivity contribution in [3.63, 3.8) is 0 Å². The molecule has 2 amide bonds. The number of hydrogen-bond donors (Lipinski definition) is 3. The van der Waals surface area contributed by atoms with Gasteiger partial charge in [0.2, 0.25) is 0 Å². The Morgan fingerprint density at radius 1 is 0.912 bits per heavy atom. The Kier molecular flexibility index (Phi) is 6.98. The Bertz CT molecular complexity index is 1120. The molecule has 0 radical (unpaired) electrons.